The maximum Gasteiger partial charge on any atom is 0.244 e. The average Bonchev–Trinajstić information content (AvgIpc) is 2.57. The zero-order chi connectivity index (χ0) is 17.0. The molecule has 2 fully saturated rings. The number of carbonyl (C=O) groups excluding carboxylic acids is 1. The smallest absolute Gasteiger partial charge is 0.244 e. The van der Waals surface area contributed by atoms with Gasteiger partial charge in [-0.25, -0.2) is 0 Å². The van der Waals surface area contributed by atoms with Crippen molar-refractivity contribution in [3.05, 3.63) is 29.8 Å². The number of benzene rings is 1. The molecule has 1 aliphatic heterocycles. The summed E-state index contributed by atoms with van der Waals surface area (Å²) in [6, 6.07) is 8.26. The molecular weight excluding hydrogens is 298 g/mol. The summed E-state index contributed by atoms with van der Waals surface area (Å²) < 4.78 is 0. The van der Waals surface area contributed by atoms with Gasteiger partial charge in [0.2, 0.25) is 5.91 Å². The maximum absolute atomic E-state index is 12.5. The van der Waals surface area contributed by atoms with Gasteiger partial charge in [-0.1, -0.05) is 38.3 Å². The van der Waals surface area contributed by atoms with Crippen LogP contribution in [0.15, 0.2) is 24.3 Å². The van der Waals surface area contributed by atoms with Gasteiger partial charge in [-0.2, -0.15) is 0 Å². The van der Waals surface area contributed by atoms with Gasteiger partial charge in [0.15, 0.2) is 0 Å². The maximum atomic E-state index is 12.5. The van der Waals surface area contributed by atoms with E-state index in [4.69, 9.17) is 5.73 Å². The first-order chi connectivity index (χ1) is 11.5. The number of hydrogen-bond donors (Lipinski definition) is 2. The number of rotatable bonds is 4. The van der Waals surface area contributed by atoms with Crippen LogP contribution in [0.4, 0.5) is 5.69 Å². The van der Waals surface area contributed by atoms with Gasteiger partial charge in [0.1, 0.15) is 0 Å². The molecule has 1 saturated carbocycles. The molecule has 1 aliphatic carbocycles. The van der Waals surface area contributed by atoms with Crippen LogP contribution in [0.2, 0.25) is 0 Å². The first kappa shape index (κ1) is 17.4. The highest BCUT2D eigenvalue weighted by molar-refractivity contribution is 5.98. The Labute approximate surface area is 145 Å². The normalized spacial score (nSPS) is 24.5. The fourth-order valence-corrected chi connectivity index (χ4v) is 4.05. The van der Waals surface area contributed by atoms with Crippen molar-refractivity contribution >= 4 is 11.6 Å². The van der Waals surface area contributed by atoms with E-state index in [0.29, 0.717) is 0 Å². The first-order valence-electron chi connectivity index (χ1n) is 9.47. The van der Waals surface area contributed by atoms with Gasteiger partial charge < -0.3 is 11.1 Å². The number of nitrogens with one attached hydrogen (secondary N) is 1. The molecule has 0 spiro atoms. The highest BCUT2D eigenvalue weighted by Gasteiger charge is 2.35. The largest absolute Gasteiger partial charge is 0.324 e. The zero-order valence-corrected chi connectivity index (χ0v) is 14.9. The number of nitrogens with two attached hydrogens (primary N) is 1. The van der Waals surface area contributed by atoms with Crippen molar-refractivity contribution in [2.24, 2.45) is 11.7 Å². The lowest BCUT2D eigenvalue weighted by atomic mass is 9.82. The fourth-order valence-electron chi connectivity index (χ4n) is 4.05. The Morgan fingerprint density at radius 1 is 1.21 bits per heavy atom. The zero-order valence-electron chi connectivity index (χ0n) is 14.9. The van der Waals surface area contributed by atoms with E-state index in [1.807, 2.05) is 12.1 Å². The second-order valence-electron chi connectivity index (χ2n) is 7.85. The van der Waals surface area contributed by atoms with E-state index >= 15 is 0 Å². The van der Waals surface area contributed by atoms with Crippen LogP contribution in [0.3, 0.4) is 0 Å². The minimum atomic E-state index is -0.680. The standard InChI is InChI=1S/C20H31N3O/c1-16-6-5-13-23(14-16)15-17-7-9-18(10-8-17)22-19(24)20(21)11-3-2-4-12-20/h7-10,16H,2-6,11-15,21H2,1H3,(H,22,24). The Morgan fingerprint density at radius 2 is 1.92 bits per heavy atom. The van der Waals surface area contributed by atoms with Crippen LogP contribution in [0.25, 0.3) is 0 Å². The van der Waals surface area contributed by atoms with E-state index in [2.05, 4.69) is 29.3 Å². The summed E-state index contributed by atoms with van der Waals surface area (Å²) in [6.07, 6.45) is 7.54. The second kappa shape index (κ2) is 7.66. The first-order valence-corrected chi connectivity index (χ1v) is 9.47. The third-order valence-electron chi connectivity index (χ3n) is 5.56. The molecule has 132 valence electrons. The molecule has 0 bridgehead atoms. The van der Waals surface area contributed by atoms with Gasteiger partial charge >= 0.3 is 0 Å². The molecule has 4 nitrogen and oxygen atoms in total. The van der Waals surface area contributed by atoms with E-state index in [1.165, 1.54) is 37.9 Å². The van der Waals surface area contributed by atoms with Gasteiger partial charge in [-0.3, -0.25) is 9.69 Å². The summed E-state index contributed by atoms with van der Waals surface area (Å²) in [6.45, 7) is 5.71. The number of carbonyl (C=O) groups is 1. The highest BCUT2D eigenvalue weighted by atomic mass is 16.2. The van der Waals surface area contributed by atoms with Crippen LogP contribution < -0.4 is 11.1 Å². The molecular formula is C20H31N3O. The molecule has 4 heteroatoms. The molecule has 1 aromatic rings. The van der Waals surface area contributed by atoms with Crippen molar-refractivity contribution in [1.82, 2.24) is 4.90 Å². The highest BCUT2D eigenvalue weighted by Crippen LogP contribution is 2.27. The van der Waals surface area contributed by atoms with Crippen LogP contribution in [0.5, 0.6) is 0 Å². The van der Waals surface area contributed by atoms with Gasteiger partial charge in [-0.15, -0.1) is 0 Å². The Morgan fingerprint density at radius 3 is 2.58 bits per heavy atom. The Bertz CT molecular complexity index is 549. The van der Waals surface area contributed by atoms with Crippen molar-refractivity contribution in [2.45, 2.75) is 64.0 Å². The molecule has 1 unspecified atom stereocenters. The quantitative estimate of drug-likeness (QED) is 0.888. The lowest BCUT2D eigenvalue weighted by molar-refractivity contribution is -0.122. The number of nitrogens with zero attached hydrogens (tertiary/aromatic N) is 1. The number of amides is 1. The predicted octanol–water partition coefficient (Wildman–Crippen LogP) is 3.52. The summed E-state index contributed by atoms with van der Waals surface area (Å²) in [5.41, 5.74) is 7.78. The molecule has 3 rings (SSSR count). The number of hydrogen-bond acceptors (Lipinski definition) is 3. The van der Waals surface area contributed by atoms with Gasteiger partial charge in [0, 0.05) is 18.8 Å². The molecule has 24 heavy (non-hydrogen) atoms. The minimum absolute atomic E-state index is 0.0280. The van der Waals surface area contributed by atoms with E-state index in [0.717, 1.165) is 43.8 Å². The van der Waals surface area contributed by atoms with Crippen LogP contribution in [0, 0.1) is 5.92 Å². The van der Waals surface area contributed by atoms with E-state index < -0.39 is 5.54 Å². The van der Waals surface area contributed by atoms with Crippen molar-refractivity contribution in [3.63, 3.8) is 0 Å². The molecule has 0 radical (unpaired) electrons. The lowest BCUT2D eigenvalue weighted by Gasteiger charge is -2.32. The summed E-state index contributed by atoms with van der Waals surface area (Å²) in [5, 5.41) is 3.01. The average molecular weight is 329 g/mol. The molecule has 1 heterocycles. The summed E-state index contributed by atoms with van der Waals surface area (Å²) in [4.78, 5) is 15.0. The van der Waals surface area contributed by atoms with Crippen LogP contribution >= 0.6 is 0 Å². The van der Waals surface area contributed by atoms with E-state index in [-0.39, 0.29) is 5.91 Å². The topological polar surface area (TPSA) is 58.4 Å². The van der Waals surface area contributed by atoms with Crippen LogP contribution in [-0.2, 0) is 11.3 Å². The Balaban J connectivity index is 1.55. The Hall–Kier alpha value is -1.39. The summed E-state index contributed by atoms with van der Waals surface area (Å²) in [7, 11) is 0. The molecule has 3 N–H and O–H groups in total. The number of anilines is 1. The van der Waals surface area contributed by atoms with Crippen molar-refractivity contribution in [3.8, 4) is 0 Å². The summed E-state index contributed by atoms with van der Waals surface area (Å²) >= 11 is 0. The third-order valence-corrected chi connectivity index (χ3v) is 5.56. The predicted molar refractivity (Wildman–Crippen MR) is 98.8 cm³/mol. The van der Waals surface area contributed by atoms with Gasteiger partial charge in [-0.05, 0) is 55.8 Å². The molecule has 1 amide bonds. The van der Waals surface area contributed by atoms with Gasteiger partial charge in [0.25, 0.3) is 0 Å². The van der Waals surface area contributed by atoms with Crippen molar-refractivity contribution in [2.75, 3.05) is 18.4 Å². The molecule has 2 aliphatic rings. The summed E-state index contributed by atoms with van der Waals surface area (Å²) in [5.74, 6) is 0.772. The van der Waals surface area contributed by atoms with Crippen LogP contribution in [0.1, 0.15) is 57.4 Å². The lowest BCUT2D eigenvalue weighted by Crippen LogP contribution is -2.52. The van der Waals surface area contributed by atoms with Crippen LogP contribution in [-0.4, -0.2) is 29.4 Å². The molecule has 1 aromatic carbocycles. The Kier molecular flexibility index (Phi) is 5.57. The fraction of sp³-hybridized carbons (Fsp3) is 0.650. The SMILES string of the molecule is CC1CCCN(Cc2ccc(NC(=O)C3(N)CCCCC3)cc2)C1. The second-order valence-corrected chi connectivity index (χ2v) is 7.85. The monoisotopic (exact) mass is 329 g/mol. The van der Waals surface area contributed by atoms with E-state index in [9.17, 15) is 4.79 Å². The molecule has 0 aromatic heterocycles. The van der Waals surface area contributed by atoms with Crippen molar-refractivity contribution < 1.29 is 4.79 Å². The van der Waals surface area contributed by atoms with Crippen molar-refractivity contribution in [1.29, 1.82) is 0 Å². The number of piperidine rings is 1. The molecule has 1 saturated heterocycles. The van der Waals surface area contributed by atoms with E-state index in [1.54, 1.807) is 0 Å². The minimum Gasteiger partial charge on any atom is -0.324 e. The number of likely N-dealkylation sites (tertiary alicyclic amines) is 1. The van der Waals surface area contributed by atoms with Gasteiger partial charge in [0.05, 0.1) is 5.54 Å². The third kappa shape index (κ3) is 4.37. The molecule has 1 atom stereocenters.